The predicted molar refractivity (Wildman–Crippen MR) is 105 cm³/mol. The fourth-order valence-electron chi connectivity index (χ4n) is 3.80. The molecule has 0 N–H and O–H groups in total. The van der Waals surface area contributed by atoms with Crippen molar-refractivity contribution in [3.63, 3.8) is 0 Å². The van der Waals surface area contributed by atoms with E-state index < -0.39 is 6.04 Å². The van der Waals surface area contributed by atoms with Crippen LogP contribution in [0.2, 0.25) is 0 Å². The highest BCUT2D eigenvalue weighted by atomic mass is 16.3. The Morgan fingerprint density at radius 1 is 0.893 bits per heavy atom. The van der Waals surface area contributed by atoms with E-state index in [-0.39, 0.29) is 17.1 Å². The number of hydrogen-bond donors (Lipinski definition) is 0. The normalized spacial score (nSPS) is 15.8. The lowest BCUT2D eigenvalue weighted by molar-refractivity contribution is 0.0714. The molecule has 5 heteroatoms. The van der Waals surface area contributed by atoms with Gasteiger partial charge in [-0.05, 0) is 35.4 Å². The van der Waals surface area contributed by atoms with Crippen molar-refractivity contribution in [1.82, 2.24) is 9.88 Å². The van der Waals surface area contributed by atoms with Crippen LogP contribution >= 0.6 is 0 Å². The molecule has 0 fully saturated rings. The SMILES string of the molecule is O=C1c2oc3ccccc3c(=O)c2[C@H](c2ccccc2)N1Cc1ccncc1. The van der Waals surface area contributed by atoms with Gasteiger partial charge in [0.2, 0.25) is 5.76 Å². The first-order chi connectivity index (χ1) is 13.7. The van der Waals surface area contributed by atoms with Crippen LogP contribution in [0.1, 0.15) is 33.3 Å². The van der Waals surface area contributed by atoms with Crippen molar-refractivity contribution in [1.29, 1.82) is 0 Å². The Hall–Kier alpha value is -3.73. The maximum atomic E-state index is 13.3. The second kappa shape index (κ2) is 6.46. The number of rotatable bonds is 3. The van der Waals surface area contributed by atoms with E-state index in [1.807, 2.05) is 42.5 Å². The second-order valence-corrected chi connectivity index (χ2v) is 6.77. The summed E-state index contributed by atoms with van der Waals surface area (Å²) < 4.78 is 5.91. The Balaban J connectivity index is 1.74. The fourth-order valence-corrected chi connectivity index (χ4v) is 3.80. The average Bonchev–Trinajstić information content (AvgIpc) is 3.02. The topological polar surface area (TPSA) is 63.4 Å². The number of carbonyl (C=O) groups excluding carboxylic acids is 1. The smallest absolute Gasteiger partial charge is 0.291 e. The van der Waals surface area contributed by atoms with Crippen LogP contribution in [0, 0.1) is 0 Å². The molecule has 0 bridgehead atoms. The van der Waals surface area contributed by atoms with Gasteiger partial charge < -0.3 is 9.32 Å². The summed E-state index contributed by atoms with van der Waals surface area (Å²) >= 11 is 0. The fraction of sp³-hybridized carbons (Fsp3) is 0.0870. The van der Waals surface area contributed by atoms with E-state index in [2.05, 4.69) is 4.98 Å². The number of nitrogens with zero attached hydrogens (tertiary/aromatic N) is 2. The molecule has 0 spiro atoms. The number of pyridine rings is 1. The standard InChI is InChI=1S/C23H16N2O3/c26-21-17-8-4-5-9-18(17)28-22-19(21)20(16-6-2-1-3-7-16)25(23(22)27)14-15-10-12-24-13-11-15/h1-13,20H,14H2/t20-/m0/s1. The van der Waals surface area contributed by atoms with Crippen LogP contribution < -0.4 is 5.43 Å². The molecule has 1 amide bonds. The Morgan fingerprint density at radius 2 is 1.61 bits per heavy atom. The van der Waals surface area contributed by atoms with Crippen LogP contribution in [0.25, 0.3) is 11.0 Å². The van der Waals surface area contributed by atoms with Gasteiger partial charge in [0.1, 0.15) is 5.58 Å². The average molecular weight is 368 g/mol. The van der Waals surface area contributed by atoms with Gasteiger partial charge >= 0.3 is 0 Å². The maximum absolute atomic E-state index is 13.3. The van der Waals surface area contributed by atoms with Crippen molar-refractivity contribution in [2.45, 2.75) is 12.6 Å². The molecule has 5 nitrogen and oxygen atoms in total. The van der Waals surface area contributed by atoms with Crippen molar-refractivity contribution in [2.24, 2.45) is 0 Å². The summed E-state index contributed by atoms with van der Waals surface area (Å²) in [4.78, 5) is 32.3. The van der Waals surface area contributed by atoms with E-state index in [0.717, 1.165) is 11.1 Å². The van der Waals surface area contributed by atoms with E-state index in [0.29, 0.717) is 23.1 Å². The molecule has 0 unspecified atom stereocenters. The van der Waals surface area contributed by atoms with Gasteiger partial charge in [-0.15, -0.1) is 0 Å². The Morgan fingerprint density at radius 3 is 2.39 bits per heavy atom. The molecule has 0 saturated carbocycles. The van der Waals surface area contributed by atoms with E-state index in [9.17, 15) is 9.59 Å². The summed E-state index contributed by atoms with van der Waals surface area (Å²) in [6.07, 6.45) is 3.39. The van der Waals surface area contributed by atoms with Gasteiger partial charge in [0.05, 0.1) is 17.0 Å². The first-order valence-electron chi connectivity index (χ1n) is 9.04. The number of hydrogen-bond acceptors (Lipinski definition) is 4. The quantitative estimate of drug-likeness (QED) is 0.550. The van der Waals surface area contributed by atoms with E-state index >= 15 is 0 Å². The highest BCUT2D eigenvalue weighted by molar-refractivity contribution is 5.99. The summed E-state index contributed by atoms with van der Waals surface area (Å²) in [6.45, 7) is 0.362. The van der Waals surface area contributed by atoms with Gasteiger partial charge in [-0.1, -0.05) is 42.5 Å². The minimum atomic E-state index is -0.488. The van der Waals surface area contributed by atoms with E-state index in [1.54, 1.807) is 41.6 Å². The third-order valence-electron chi connectivity index (χ3n) is 5.09. The lowest BCUT2D eigenvalue weighted by Gasteiger charge is -2.25. The van der Waals surface area contributed by atoms with Crippen LogP contribution in [0.4, 0.5) is 0 Å². The molecule has 1 aliphatic heterocycles. The predicted octanol–water partition coefficient (Wildman–Crippen LogP) is 3.93. The zero-order chi connectivity index (χ0) is 19.1. The number of benzene rings is 2. The molecule has 1 aliphatic rings. The lowest BCUT2D eigenvalue weighted by atomic mass is 9.98. The van der Waals surface area contributed by atoms with Gasteiger partial charge in [0.25, 0.3) is 5.91 Å². The van der Waals surface area contributed by atoms with Gasteiger partial charge in [0, 0.05) is 18.9 Å². The first-order valence-corrected chi connectivity index (χ1v) is 9.04. The third kappa shape index (κ3) is 2.52. The van der Waals surface area contributed by atoms with Crippen LogP contribution in [0.5, 0.6) is 0 Å². The molecule has 4 aromatic rings. The van der Waals surface area contributed by atoms with Crippen molar-refractivity contribution < 1.29 is 9.21 Å². The van der Waals surface area contributed by atoms with Crippen LogP contribution in [-0.4, -0.2) is 15.8 Å². The van der Waals surface area contributed by atoms with Gasteiger partial charge in [0.15, 0.2) is 5.43 Å². The number of amides is 1. The summed E-state index contributed by atoms with van der Waals surface area (Å²) in [6, 6.07) is 19.9. The van der Waals surface area contributed by atoms with E-state index in [4.69, 9.17) is 4.42 Å². The van der Waals surface area contributed by atoms with Crippen LogP contribution in [-0.2, 0) is 6.54 Å². The van der Waals surface area contributed by atoms with Gasteiger partial charge in [-0.3, -0.25) is 14.6 Å². The van der Waals surface area contributed by atoms with E-state index in [1.165, 1.54) is 0 Å². The molecule has 2 aromatic heterocycles. The number of aromatic nitrogens is 1. The third-order valence-corrected chi connectivity index (χ3v) is 5.09. The second-order valence-electron chi connectivity index (χ2n) is 6.77. The summed E-state index contributed by atoms with van der Waals surface area (Å²) in [5.41, 5.74) is 2.50. The Bertz CT molecular complexity index is 1230. The number of fused-ring (bicyclic) bond motifs is 2. The van der Waals surface area contributed by atoms with Crippen molar-refractivity contribution >= 4 is 16.9 Å². The largest absolute Gasteiger partial charge is 0.450 e. The number of carbonyl (C=O) groups is 1. The molecular formula is C23H16N2O3. The molecule has 0 saturated heterocycles. The zero-order valence-electron chi connectivity index (χ0n) is 14.9. The maximum Gasteiger partial charge on any atom is 0.291 e. The highest BCUT2D eigenvalue weighted by Crippen LogP contribution is 2.38. The summed E-state index contributed by atoms with van der Waals surface area (Å²) in [7, 11) is 0. The van der Waals surface area contributed by atoms with Crippen LogP contribution in [0.15, 0.2) is 88.3 Å². The van der Waals surface area contributed by atoms with Gasteiger partial charge in [-0.25, -0.2) is 0 Å². The van der Waals surface area contributed by atoms with Crippen LogP contribution in [0.3, 0.4) is 0 Å². The molecule has 3 heterocycles. The molecule has 5 rings (SSSR count). The Kier molecular flexibility index (Phi) is 3.79. The van der Waals surface area contributed by atoms with Gasteiger partial charge in [-0.2, -0.15) is 0 Å². The monoisotopic (exact) mass is 368 g/mol. The van der Waals surface area contributed by atoms with Crippen molar-refractivity contribution in [2.75, 3.05) is 0 Å². The molecule has 0 radical (unpaired) electrons. The summed E-state index contributed by atoms with van der Waals surface area (Å²) in [5.74, 6) is -0.143. The molecule has 136 valence electrons. The minimum Gasteiger partial charge on any atom is -0.450 e. The van der Waals surface area contributed by atoms with Crippen molar-refractivity contribution in [3.8, 4) is 0 Å². The molecule has 2 aromatic carbocycles. The van der Waals surface area contributed by atoms with Crippen molar-refractivity contribution in [3.05, 3.63) is 112 Å². The molecule has 28 heavy (non-hydrogen) atoms. The lowest BCUT2D eigenvalue weighted by Crippen LogP contribution is -2.29. The summed E-state index contributed by atoms with van der Waals surface area (Å²) in [5, 5.41) is 0.487. The molecule has 1 atom stereocenters. The first kappa shape index (κ1) is 16.4. The zero-order valence-corrected chi connectivity index (χ0v) is 14.9. The Labute approximate surface area is 160 Å². The highest BCUT2D eigenvalue weighted by Gasteiger charge is 2.42. The molecular weight excluding hydrogens is 352 g/mol. The molecule has 0 aliphatic carbocycles. The minimum absolute atomic E-state index is 0.131. The number of para-hydroxylation sites is 1.